The molecule has 1 fully saturated rings. The number of nitrogens with zero attached hydrogens (tertiary/aromatic N) is 3. The zero-order valence-electron chi connectivity index (χ0n) is 14.2. The van der Waals surface area contributed by atoms with Crippen LogP contribution < -0.4 is 5.32 Å². The molecule has 0 saturated carbocycles. The van der Waals surface area contributed by atoms with Crippen LogP contribution in [0.3, 0.4) is 0 Å². The minimum absolute atomic E-state index is 1.01. The van der Waals surface area contributed by atoms with Crippen molar-refractivity contribution in [2.24, 2.45) is 0 Å². The van der Waals surface area contributed by atoms with Gasteiger partial charge in [0.05, 0.1) is 5.69 Å². The molecule has 4 rings (SSSR count). The zero-order chi connectivity index (χ0) is 16.4. The van der Waals surface area contributed by atoms with Gasteiger partial charge in [-0.25, -0.2) is 4.98 Å². The van der Waals surface area contributed by atoms with Crippen molar-refractivity contribution in [2.45, 2.75) is 19.8 Å². The average Bonchev–Trinajstić information content (AvgIpc) is 3.25. The normalized spacial score (nSPS) is 15.2. The average molecular weight is 320 g/mol. The highest BCUT2D eigenvalue weighted by Crippen LogP contribution is 2.22. The summed E-state index contributed by atoms with van der Waals surface area (Å²) in [6.45, 7) is 6.75. The molecule has 0 unspecified atom stereocenters. The Hall–Kier alpha value is -2.33. The number of likely N-dealkylation sites (tertiary alicyclic amines) is 1. The van der Waals surface area contributed by atoms with Crippen molar-refractivity contribution < 1.29 is 0 Å². The summed E-state index contributed by atoms with van der Waals surface area (Å²) in [7, 11) is 0. The number of aromatic nitrogens is 2. The number of imidazole rings is 1. The third-order valence-corrected chi connectivity index (χ3v) is 4.81. The van der Waals surface area contributed by atoms with E-state index in [2.05, 4.69) is 64.1 Å². The SMILES string of the molecule is Cc1cccn2cc(-c3ccc(NCCN4CCCC4)cc3)nc12. The van der Waals surface area contributed by atoms with Crippen molar-refractivity contribution in [3.05, 3.63) is 54.4 Å². The summed E-state index contributed by atoms with van der Waals surface area (Å²) >= 11 is 0. The second-order valence-corrected chi connectivity index (χ2v) is 6.60. The summed E-state index contributed by atoms with van der Waals surface area (Å²) in [4.78, 5) is 7.29. The van der Waals surface area contributed by atoms with Crippen LogP contribution in [-0.4, -0.2) is 40.5 Å². The monoisotopic (exact) mass is 320 g/mol. The maximum Gasteiger partial charge on any atom is 0.140 e. The fourth-order valence-electron chi connectivity index (χ4n) is 3.42. The minimum Gasteiger partial charge on any atom is -0.384 e. The number of hydrogen-bond donors (Lipinski definition) is 1. The van der Waals surface area contributed by atoms with Crippen LogP contribution in [0.2, 0.25) is 0 Å². The predicted octanol–water partition coefficient (Wildman–Crippen LogP) is 3.82. The summed E-state index contributed by atoms with van der Waals surface area (Å²) in [5, 5.41) is 3.52. The van der Waals surface area contributed by atoms with E-state index in [1.807, 2.05) is 6.20 Å². The molecule has 1 aliphatic rings. The molecule has 3 heterocycles. The standard InChI is InChI=1S/C20H24N4/c1-16-5-4-13-24-15-19(22-20(16)24)17-6-8-18(9-7-17)21-10-14-23-11-2-3-12-23/h4-9,13,15,21H,2-3,10-12,14H2,1H3. The predicted molar refractivity (Wildman–Crippen MR) is 99.5 cm³/mol. The van der Waals surface area contributed by atoms with Crippen LogP contribution in [0.5, 0.6) is 0 Å². The maximum atomic E-state index is 4.76. The summed E-state index contributed by atoms with van der Waals surface area (Å²) in [5.41, 5.74) is 5.58. The molecule has 0 spiro atoms. The molecular weight excluding hydrogens is 296 g/mol. The van der Waals surface area contributed by atoms with Crippen LogP contribution in [0.1, 0.15) is 18.4 Å². The first-order chi connectivity index (χ1) is 11.8. The molecule has 0 bridgehead atoms. The Bertz CT molecular complexity index is 813. The smallest absolute Gasteiger partial charge is 0.140 e. The maximum absolute atomic E-state index is 4.76. The van der Waals surface area contributed by atoms with Crippen molar-refractivity contribution in [1.82, 2.24) is 14.3 Å². The fraction of sp³-hybridized carbons (Fsp3) is 0.350. The van der Waals surface area contributed by atoms with E-state index >= 15 is 0 Å². The molecule has 4 nitrogen and oxygen atoms in total. The second-order valence-electron chi connectivity index (χ2n) is 6.60. The van der Waals surface area contributed by atoms with Gasteiger partial charge in [0.25, 0.3) is 0 Å². The molecule has 0 atom stereocenters. The molecule has 1 saturated heterocycles. The highest BCUT2D eigenvalue weighted by molar-refractivity contribution is 5.66. The number of anilines is 1. The molecule has 1 aromatic carbocycles. The second kappa shape index (κ2) is 6.65. The van der Waals surface area contributed by atoms with Crippen molar-refractivity contribution >= 4 is 11.3 Å². The Morgan fingerprint density at radius 2 is 1.88 bits per heavy atom. The lowest BCUT2D eigenvalue weighted by molar-refractivity contribution is 0.352. The highest BCUT2D eigenvalue weighted by atomic mass is 15.1. The molecular formula is C20H24N4. The van der Waals surface area contributed by atoms with Gasteiger partial charge in [0.2, 0.25) is 0 Å². The van der Waals surface area contributed by atoms with Crippen molar-refractivity contribution in [2.75, 3.05) is 31.5 Å². The van der Waals surface area contributed by atoms with E-state index in [-0.39, 0.29) is 0 Å². The first-order valence-corrected chi connectivity index (χ1v) is 8.80. The number of benzene rings is 1. The van der Waals surface area contributed by atoms with Crippen molar-refractivity contribution in [3.8, 4) is 11.3 Å². The van der Waals surface area contributed by atoms with Gasteiger partial charge in [-0.3, -0.25) is 0 Å². The Kier molecular flexibility index (Phi) is 4.22. The van der Waals surface area contributed by atoms with Gasteiger partial charge in [0, 0.05) is 36.7 Å². The van der Waals surface area contributed by atoms with Crippen LogP contribution in [0, 0.1) is 6.92 Å². The van der Waals surface area contributed by atoms with E-state index in [0.717, 1.165) is 30.0 Å². The Morgan fingerprint density at radius 3 is 2.62 bits per heavy atom. The first kappa shape index (κ1) is 15.2. The lowest BCUT2D eigenvalue weighted by Crippen LogP contribution is -2.25. The Labute approximate surface area is 143 Å². The molecule has 1 aliphatic heterocycles. The number of aryl methyl sites for hydroxylation is 1. The molecule has 1 N–H and O–H groups in total. The van der Waals surface area contributed by atoms with Gasteiger partial charge in [-0.1, -0.05) is 18.2 Å². The minimum atomic E-state index is 1.01. The van der Waals surface area contributed by atoms with Crippen LogP contribution in [0.25, 0.3) is 16.9 Å². The molecule has 0 radical (unpaired) electrons. The van der Waals surface area contributed by atoms with E-state index in [4.69, 9.17) is 4.98 Å². The number of rotatable bonds is 5. The molecule has 24 heavy (non-hydrogen) atoms. The number of nitrogens with one attached hydrogen (secondary N) is 1. The molecule has 2 aromatic heterocycles. The number of fused-ring (bicyclic) bond motifs is 1. The molecule has 4 heteroatoms. The third-order valence-electron chi connectivity index (χ3n) is 4.81. The topological polar surface area (TPSA) is 32.6 Å². The van der Waals surface area contributed by atoms with Crippen LogP contribution in [0.15, 0.2) is 48.8 Å². The van der Waals surface area contributed by atoms with E-state index in [1.54, 1.807) is 0 Å². The van der Waals surface area contributed by atoms with Gasteiger partial charge in [-0.15, -0.1) is 0 Å². The van der Waals surface area contributed by atoms with Crippen LogP contribution in [-0.2, 0) is 0 Å². The molecule has 3 aromatic rings. The van der Waals surface area contributed by atoms with E-state index in [1.165, 1.54) is 37.2 Å². The molecule has 124 valence electrons. The fourth-order valence-corrected chi connectivity index (χ4v) is 3.42. The van der Waals surface area contributed by atoms with Gasteiger partial charge < -0.3 is 14.6 Å². The Morgan fingerprint density at radius 1 is 1.08 bits per heavy atom. The first-order valence-electron chi connectivity index (χ1n) is 8.80. The summed E-state index contributed by atoms with van der Waals surface area (Å²) < 4.78 is 2.09. The lowest BCUT2D eigenvalue weighted by atomic mass is 10.1. The summed E-state index contributed by atoms with van der Waals surface area (Å²) in [6.07, 6.45) is 6.85. The van der Waals surface area contributed by atoms with Gasteiger partial charge >= 0.3 is 0 Å². The van der Waals surface area contributed by atoms with Gasteiger partial charge in [-0.05, 0) is 56.6 Å². The summed E-state index contributed by atoms with van der Waals surface area (Å²) in [6, 6.07) is 12.7. The lowest BCUT2D eigenvalue weighted by Gasteiger charge is -2.15. The third kappa shape index (κ3) is 3.15. The zero-order valence-corrected chi connectivity index (χ0v) is 14.2. The van der Waals surface area contributed by atoms with Gasteiger partial charge in [0.15, 0.2) is 0 Å². The Balaban J connectivity index is 1.43. The quantitative estimate of drug-likeness (QED) is 0.776. The van der Waals surface area contributed by atoms with Crippen molar-refractivity contribution in [1.29, 1.82) is 0 Å². The van der Waals surface area contributed by atoms with Gasteiger partial charge in [0.1, 0.15) is 5.65 Å². The molecule has 0 amide bonds. The van der Waals surface area contributed by atoms with Crippen LogP contribution >= 0.6 is 0 Å². The van der Waals surface area contributed by atoms with Crippen LogP contribution in [0.4, 0.5) is 5.69 Å². The van der Waals surface area contributed by atoms with E-state index in [9.17, 15) is 0 Å². The summed E-state index contributed by atoms with van der Waals surface area (Å²) in [5.74, 6) is 0. The van der Waals surface area contributed by atoms with Crippen molar-refractivity contribution in [3.63, 3.8) is 0 Å². The number of pyridine rings is 1. The highest BCUT2D eigenvalue weighted by Gasteiger charge is 2.10. The van der Waals surface area contributed by atoms with Gasteiger partial charge in [-0.2, -0.15) is 0 Å². The molecule has 0 aliphatic carbocycles. The number of hydrogen-bond acceptors (Lipinski definition) is 3. The largest absolute Gasteiger partial charge is 0.384 e. The van der Waals surface area contributed by atoms with E-state index < -0.39 is 0 Å². The van der Waals surface area contributed by atoms with E-state index in [0.29, 0.717) is 0 Å².